The van der Waals surface area contributed by atoms with Crippen LogP contribution in [0.3, 0.4) is 0 Å². The lowest BCUT2D eigenvalue weighted by molar-refractivity contribution is -0.275. The molecule has 0 saturated heterocycles. The first-order valence-electron chi connectivity index (χ1n) is 39.0. The summed E-state index contributed by atoms with van der Waals surface area (Å²) < 4.78 is 197. The number of halogens is 13. The van der Waals surface area contributed by atoms with Gasteiger partial charge in [0.05, 0.1) is 55.2 Å². The van der Waals surface area contributed by atoms with Crippen LogP contribution in [0.2, 0.25) is 0 Å². The number of aromatic carboxylic acids is 2. The Kier molecular flexibility index (Phi) is 36.0. The minimum Gasteiger partial charge on any atom is -0.537 e. The Labute approximate surface area is 795 Å². The minimum atomic E-state index is -4.75. The number of nitrogens with one attached hydrogen (secondary N) is 1. The van der Waals surface area contributed by atoms with Crippen LogP contribution in [0.15, 0.2) is 311 Å². The number of hydrogen-bond donors (Lipinski definition) is 4. The van der Waals surface area contributed by atoms with Crippen molar-refractivity contribution in [3.05, 3.63) is 311 Å². The fourth-order valence-electron chi connectivity index (χ4n) is 11.7. The molecule has 0 aliphatic carbocycles. The molecule has 0 saturated carbocycles. The quantitative estimate of drug-likeness (QED) is 0.0184. The molecule has 11 aromatic carbocycles. The molecule has 0 amide bonds. The average Bonchev–Trinajstić information content (AvgIpc) is 1.67. The maximum Gasteiger partial charge on any atom is 0.573 e. The molecule has 4 heterocycles. The second kappa shape index (κ2) is 48.0. The molecule has 29 nitrogen and oxygen atoms in total. The third-order valence-corrected chi connectivity index (χ3v) is 22.8. The van der Waals surface area contributed by atoms with Crippen molar-refractivity contribution < 1.29 is 134 Å². The van der Waals surface area contributed by atoms with E-state index in [0.29, 0.717) is 59.3 Å². The van der Waals surface area contributed by atoms with E-state index in [9.17, 15) is 77.0 Å². The molecule has 0 aliphatic heterocycles. The number of ether oxygens (including phenoxy) is 9. The number of aromatic nitrogens is 12. The van der Waals surface area contributed by atoms with Crippen molar-refractivity contribution in [1.82, 2.24) is 60.4 Å². The Morgan fingerprint density at radius 1 is 0.336 bits per heavy atom. The van der Waals surface area contributed by atoms with Crippen molar-refractivity contribution in [1.29, 1.82) is 0 Å². The van der Waals surface area contributed by atoms with Crippen LogP contribution >= 0.6 is 63.0 Å². The summed E-state index contributed by atoms with van der Waals surface area (Å²) >= 11 is 8.47. The molecule has 0 aliphatic rings. The Hall–Kier alpha value is -14.7. The zero-order valence-corrected chi connectivity index (χ0v) is 76.0. The van der Waals surface area contributed by atoms with Crippen molar-refractivity contribution in [2.45, 2.75) is 84.8 Å². The van der Waals surface area contributed by atoms with Gasteiger partial charge in [0.15, 0.2) is 5.03 Å². The van der Waals surface area contributed by atoms with Gasteiger partial charge in [0.1, 0.15) is 61.1 Å². The van der Waals surface area contributed by atoms with E-state index in [1.807, 2.05) is 109 Å². The number of methoxy groups -OCH3 is 5. The Morgan fingerprint density at radius 3 is 0.854 bits per heavy atom. The van der Waals surface area contributed by atoms with Crippen LogP contribution in [-0.4, -0.2) is 168 Å². The predicted octanol–water partition coefficient (Wildman–Crippen LogP) is 21.3. The molecule has 0 bridgehead atoms. The number of carboxylic acids is 2. The first-order valence-corrected chi connectivity index (χ1v) is 43.0. The van der Waals surface area contributed by atoms with Crippen LogP contribution in [0, 0.1) is 0 Å². The van der Waals surface area contributed by atoms with Gasteiger partial charge >= 0.3 is 57.0 Å². The lowest BCUT2D eigenvalue weighted by Gasteiger charge is -2.10. The molecule has 4 aromatic heterocycles. The normalized spacial score (nSPS) is 11.1. The average molecular weight is 2040 g/mol. The van der Waals surface area contributed by atoms with Gasteiger partial charge < -0.3 is 62.5 Å². The first kappa shape index (κ1) is 103. The van der Waals surface area contributed by atoms with Crippen molar-refractivity contribution in [3.63, 3.8) is 0 Å². The topological polar surface area (TPSA) is 355 Å². The molecule has 0 fully saturated rings. The second-order valence-electron chi connectivity index (χ2n) is 27.2. The summed E-state index contributed by atoms with van der Waals surface area (Å²) in [7, 11) is 7.83. The molecule has 15 rings (SSSR count). The lowest BCUT2D eigenvalue weighted by atomic mass is 10.1. The molecule has 15 aromatic rings. The van der Waals surface area contributed by atoms with Gasteiger partial charge in [0.25, 0.3) is 0 Å². The van der Waals surface area contributed by atoms with Crippen LogP contribution < -0.4 is 37.8 Å². The maximum absolute atomic E-state index is 12.4. The van der Waals surface area contributed by atoms with E-state index in [1.54, 1.807) is 103 Å². The van der Waals surface area contributed by atoms with Crippen LogP contribution in [0.1, 0.15) is 58.6 Å². The molecule has 0 spiro atoms. The smallest absolute Gasteiger partial charge is 0.537 e. The number of H-pyrrole nitrogens is 1. The first-order chi connectivity index (χ1) is 65.4. The zero-order valence-electron chi connectivity index (χ0n) is 71.1. The number of carboxylic acid groups (broad SMARTS) is 2. The molecule has 0 atom stereocenters. The standard InChI is InChI=1S/C25H20F3N3O4S.C24H18F3N3O4S.C18H16BrN3O3S.C16H10F3N3O3S.C7H5BF3O3/c1-33-19-9-3-16(4-10-19)15-31-23(22(29-30-31)24(32)34-2)36-21-13-7-18(8-14-21)17-5-11-20(12-6-17)35-25(26,27)28;1-33-18-8-2-15(3-9-18)14-30-22(21(23(31)32)28-29-30)35-20-12-6-17(7-13-20)16-4-10-19(11-5-16)34-24(25,26)27;1-24-14-7-3-12(4-8-14)11-22-17(16(20-21-22)18(23)25-2)26-15-9-5-13(19)6-10-15;17-16(18,19)25-11-5-1-9(2-6-11)10-3-7-12(8-4-10)26-14-13(15(23)24)20-22-21-14;9-7(10,11)13-5-1-3-6(4-2-5)14-8-12/h3-14H,15H2,1-2H3;2-13H,14H2,1H3,(H,31,32);3-10H,11H2,1-2H3;1-8H,(H,23,24)(H,20,21,22);1-4,12H. The van der Waals surface area contributed by atoms with E-state index in [1.165, 1.54) is 127 Å². The fraction of sp³-hybridized carbons (Fsp3) is 0.133. The summed E-state index contributed by atoms with van der Waals surface area (Å²) in [6, 6.07) is 73.1. The summed E-state index contributed by atoms with van der Waals surface area (Å²) in [6.45, 7) is 1.17. The van der Waals surface area contributed by atoms with Gasteiger partial charge in [-0.25, -0.2) is 33.2 Å². The van der Waals surface area contributed by atoms with Gasteiger partial charge in [-0.15, -0.1) is 78.2 Å². The Morgan fingerprint density at radius 2 is 0.584 bits per heavy atom. The number of benzene rings is 11. The highest BCUT2D eigenvalue weighted by atomic mass is 79.9. The number of alkyl halides is 12. The van der Waals surface area contributed by atoms with Gasteiger partial charge in [-0.2, -0.15) is 5.21 Å². The molecule has 47 heteroatoms. The van der Waals surface area contributed by atoms with Crippen molar-refractivity contribution in [3.8, 4) is 79.4 Å². The van der Waals surface area contributed by atoms with Crippen LogP contribution in [0.5, 0.6) is 46.0 Å². The number of nitrogens with zero attached hydrogens (tertiary/aromatic N) is 11. The minimum absolute atomic E-state index is 0.0975. The predicted molar refractivity (Wildman–Crippen MR) is 477 cm³/mol. The van der Waals surface area contributed by atoms with Crippen molar-refractivity contribution in [2.24, 2.45) is 0 Å². The fourth-order valence-corrected chi connectivity index (χ4v) is 15.5. The summed E-state index contributed by atoms with van der Waals surface area (Å²) in [6.07, 6.45) is -18.9. The molecule has 0 unspecified atom stereocenters. The monoisotopic (exact) mass is 2040 g/mol. The van der Waals surface area contributed by atoms with Gasteiger partial charge in [0.2, 0.25) is 22.8 Å². The maximum atomic E-state index is 12.4. The highest BCUT2D eigenvalue weighted by molar-refractivity contribution is 9.10. The van der Waals surface area contributed by atoms with Crippen molar-refractivity contribution >= 4 is 94.5 Å². The highest BCUT2D eigenvalue weighted by Gasteiger charge is 2.35. The highest BCUT2D eigenvalue weighted by Crippen LogP contribution is 2.39. The Balaban J connectivity index is 0.000000169. The largest absolute Gasteiger partial charge is 0.573 e. The van der Waals surface area contributed by atoms with Gasteiger partial charge in [-0.3, -0.25) is 0 Å². The van der Waals surface area contributed by atoms with Crippen LogP contribution in [0.25, 0.3) is 33.4 Å². The van der Waals surface area contributed by atoms with E-state index < -0.39 is 49.3 Å². The summed E-state index contributed by atoms with van der Waals surface area (Å²) in [4.78, 5) is 50.3. The van der Waals surface area contributed by atoms with Gasteiger partial charge in [0, 0.05) is 24.1 Å². The number of hydrogen-bond acceptors (Lipinski definition) is 27. The van der Waals surface area contributed by atoms with E-state index in [2.05, 4.69) is 85.9 Å². The number of aromatic amines is 1. The van der Waals surface area contributed by atoms with Crippen molar-refractivity contribution in [2.75, 3.05) is 35.5 Å². The summed E-state index contributed by atoms with van der Waals surface area (Å²) in [5.74, 6) is -2.27. The number of esters is 2. The van der Waals surface area contributed by atoms with Crippen LogP contribution in [0.4, 0.5) is 52.7 Å². The van der Waals surface area contributed by atoms with E-state index >= 15 is 0 Å². The summed E-state index contributed by atoms with van der Waals surface area (Å²) in [5.41, 5.74) is 7.32. The zero-order chi connectivity index (χ0) is 98.6. The molecular formula is C90H69BBrF12N12O17S4. The number of carbonyl (C=O) groups is 4. The second-order valence-corrected chi connectivity index (χ2v) is 32.4. The third-order valence-electron chi connectivity index (χ3n) is 18.0. The molecule has 709 valence electrons. The molecule has 4 N–H and O–H groups in total. The molecule has 137 heavy (non-hydrogen) atoms. The van der Waals surface area contributed by atoms with Gasteiger partial charge in [-0.1, -0.05) is 188 Å². The van der Waals surface area contributed by atoms with Crippen LogP contribution in [-0.2, 0) is 29.1 Å². The summed E-state index contributed by atoms with van der Waals surface area (Å²) in [5, 5.41) is 62.3. The number of carbonyl (C=O) groups excluding carboxylic acids is 2. The van der Waals surface area contributed by atoms with E-state index in [-0.39, 0.29) is 56.5 Å². The SMILES string of the molecule is COC(=O)c1nnn(Cc2ccc(OC)cc2)c1Sc1ccc(-c2ccc(OC(F)(F)F)cc2)cc1.COC(=O)c1nnn(Cc2ccc(OC)cc2)c1Sc1ccc(Br)cc1.COc1ccc(Cn2nnc(C(=O)O)c2Sc2ccc(-c3ccc(OC(F)(F)F)cc3)cc2)cc1.O=C(O)c1n[nH]nc1Sc1ccc(-c2ccc(OC(F)(F)F)cc2)cc1.O[B]Oc1ccc(OC(F)(F)F)cc1. The van der Waals surface area contributed by atoms with E-state index in [0.717, 1.165) is 98.4 Å². The number of rotatable bonds is 30. The Bertz CT molecular complexity index is 6470. The van der Waals surface area contributed by atoms with Gasteiger partial charge in [-0.05, 0) is 208 Å². The molecular weight excluding hydrogens is 1970 g/mol. The lowest BCUT2D eigenvalue weighted by Crippen LogP contribution is -2.17. The molecule has 1 radical (unpaired) electrons. The van der Waals surface area contributed by atoms with E-state index in [4.69, 9.17) is 33.8 Å². The third kappa shape index (κ3) is 31.7.